The van der Waals surface area contributed by atoms with Crippen molar-refractivity contribution in [3.63, 3.8) is 0 Å². The molecule has 0 aliphatic rings. The number of aromatic nitrogens is 3. The number of carboxylic acids is 1. The van der Waals surface area contributed by atoms with Gasteiger partial charge in [0.15, 0.2) is 10.8 Å². The second kappa shape index (κ2) is 6.93. The van der Waals surface area contributed by atoms with E-state index in [0.29, 0.717) is 5.92 Å². The molecule has 6 heteroatoms. The van der Waals surface area contributed by atoms with Gasteiger partial charge in [0.25, 0.3) is 0 Å². The Kier molecular flexibility index (Phi) is 5.22. The number of fused-ring (bicyclic) bond motifs is 1. The van der Waals surface area contributed by atoms with E-state index in [1.54, 1.807) is 6.20 Å². The summed E-state index contributed by atoms with van der Waals surface area (Å²) in [5, 5.41) is 9.63. The number of pyridine rings is 1. The predicted molar refractivity (Wildman–Crippen MR) is 84.7 cm³/mol. The summed E-state index contributed by atoms with van der Waals surface area (Å²) in [7, 11) is 0. The van der Waals surface area contributed by atoms with Crippen LogP contribution in [0.3, 0.4) is 0 Å². The van der Waals surface area contributed by atoms with Crippen LogP contribution >= 0.6 is 11.8 Å². The lowest BCUT2D eigenvalue weighted by atomic mass is 10.0. The quantitative estimate of drug-likeness (QED) is 0.791. The van der Waals surface area contributed by atoms with Gasteiger partial charge >= 0.3 is 5.97 Å². The highest BCUT2D eigenvalue weighted by atomic mass is 32.2. The van der Waals surface area contributed by atoms with Gasteiger partial charge in [0.2, 0.25) is 0 Å². The second-order valence-electron chi connectivity index (χ2n) is 5.39. The van der Waals surface area contributed by atoms with Gasteiger partial charge in [-0.05, 0) is 31.4 Å². The summed E-state index contributed by atoms with van der Waals surface area (Å²) in [5.41, 5.74) is 1.66. The third-order valence-corrected chi connectivity index (χ3v) is 4.56. The number of carboxylic acid groups (broad SMARTS) is 1. The van der Waals surface area contributed by atoms with Crippen molar-refractivity contribution in [3.05, 3.63) is 18.3 Å². The van der Waals surface area contributed by atoms with Crippen LogP contribution in [0.25, 0.3) is 11.2 Å². The summed E-state index contributed by atoms with van der Waals surface area (Å²) >= 11 is 1.26. The first-order valence-corrected chi connectivity index (χ1v) is 8.19. The second-order valence-corrected chi connectivity index (χ2v) is 6.33. The largest absolute Gasteiger partial charge is 0.481 e. The average molecular weight is 307 g/mol. The van der Waals surface area contributed by atoms with Gasteiger partial charge in [0, 0.05) is 12.2 Å². The summed E-state index contributed by atoms with van der Waals surface area (Å²) in [6.45, 7) is 6.56. The zero-order chi connectivity index (χ0) is 15.4. The molecule has 0 spiro atoms. The van der Waals surface area contributed by atoms with E-state index in [1.807, 2.05) is 12.1 Å². The number of thioether (sulfide) groups is 1. The van der Waals surface area contributed by atoms with E-state index in [2.05, 4.69) is 35.3 Å². The number of rotatable bonds is 7. The Bertz CT molecular complexity index is 626. The molecule has 0 amide bonds. The van der Waals surface area contributed by atoms with Crippen LogP contribution in [0.2, 0.25) is 0 Å². The van der Waals surface area contributed by atoms with Crippen molar-refractivity contribution in [3.8, 4) is 0 Å². The zero-order valence-electron chi connectivity index (χ0n) is 12.6. The molecule has 0 aliphatic carbocycles. The summed E-state index contributed by atoms with van der Waals surface area (Å²) < 4.78 is 2.08. The molecule has 2 aromatic heterocycles. The summed E-state index contributed by atoms with van der Waals surface area (Å²) in [6, 6.07) is 4.01. The van der Waals surface area contributed by atoms with Gasteiger partial charge in [-0.2, -0.15) is 0 Å². The van der Waals surface area contributed by atoms with Crippen LogP contribution in [-0.4, -0.2) is 31.4 Å². The lowest BCUT2D eigenvalue weighted by Crippen LogP contribution is -2.11. The van der Waals surface area contributed by atoms with Crippen LogP contribution in [0.5, 0.6) is 0 Å². The van der Waals surface area contributed by atoms with Gasteiger partial charge in [-0.1, -0.05) is 32.0 Å². The lowest BCUT2D eigenvalue weighted by Gasteiger charge is -2.19. The normalized spacial score (nSPS) is 14.2. The molecule has 0 bridgehead atoms. The third-order valence-electron chi connectivity index (χ3n) is 3.62. The molecule has 0 fully saturated rings. The standard InChI is InChI=1S/C15H21N3O2S/c1-4-10(2)8-11(3)18-14-12(6-5-7-16-14)17-15(18)21-9-13(19)20/h5-7,10-11H,4,8-9H2,1-3H3,(H,19,20). The molecule has 2 unspecified atom stereocenters. The number of hydrogen-bond donors (Lipinski definition) is 1. The first-order valence-electron chi connectivity index (χ1n) is 7.20. The third kappa shape index (κ3) is 3.75. The molecular formula is C15H21N3O2S. The maximum Gasteiger partial charge on any atom is 0.313 e. The highest BCUT2D eigenvalue weighted by molar-refractivity contribution is 7.99. The molecule has 21 heavy (non-hydrogen) atoms. The minimum absolute atomic E-state index is 0.0133. The van der Waals surface area contributed by atoms with E-state index < -0.39 is 5.97 Å². The van der Waals surface area contributed by atoms with Gasteiger partial charge in [-0.25, -0.2) is 9.97 Å². The Labute approximate surface area is 128 Å². The van der Waals surface area contributed by atoms with E-state index in [1.165, 1.54) is 11.8 Å². The number of nitrogens with zero attached hydrogens (tertiary/aromatic N) is 3. The Morgan fingerprint density at radius 3 is 2.90 bits per heavy atom. The van der Waals surface area contributed by atoms with E-state index in [-0.39, 0.29) is 11.8 Å². The minimum atomic E-state index is -0.832. The lowest BCUT2D eigenvalue weighted by molar-refractivity contribution is -0.133. The Hall–Kier alpha value is -1.56. The molecule has 2 atom stereocenters. The molecular weight excluding hydrogens is 286 g/mol. The number of imidazole rings is 1. The SMILES string of the molecule is CCC(C)CC(C)n1c(SCC(=O)O)nc2cccnc21. The number of hydrogen-bond acceptors (Lipinski definition) is 4. The van der Waals surface area contributed by atoms with Crippen molar-refractivity contribution in [2.45, 2.75) is 44.8 Å². The molecule has 2 heterocycles. The first kappa shape index (κ1) is 15.8. The van der Waals surface area contributed by atoms with Crippen molar-refractivity contribution in [2.24, 2.45) is 5.92 Å². The fourth-order valence-electron chi connectivity index (χ4n) is 2.39. The van der Waals surface area contributed by atoms with Gasteiger partial charge in [0.1, 0.15) is 5.52 Å². The molecule has 2 rings (SSSR count). The predicted octanol–water partition coefficient (Wildman–Crippen LogP) is 3.61. The first-order chi connectivity index (χ1) is 10.0. The molecule has 0 aliphatic heterocycles. The number of carbonyl (C=O) groups is 1. The molecule has 0 radical (unpaired) electrons. The van der Waals surface area contributed by atoms with Crippen molar-refractivity contribution in [1.29, 1.82) is 0 Å². The minimum Gasteiger partial charge on any atom is -0.481 e. The van der Waals surface area contributed by atoms with E-state index in [4.69, 9.17) is 5.11 Å². The van der Waals surface area contributed by atoms with E-state index in [0.717, 1.165) is 29.2 Å². The Morgan fingerprint density at radius 2 is 2.24 bits per heavy atom. The topological polar surface area (TPSA) is 68.0 Å². The zero-order valence-corrected chi connectivity index (χ0v) is 13.4. The maximum atomic E-state index is 10.8. The van der Waals surface area contributed by atoms with Crippen molar-refractivity contribution in [1.82, 2.24) is 14.5 Å². The van der Waals surface area contributed by atoms with Crippen molar-refractivity contribution < 1.29 is 9.90 Å². The smallest absolute Gasteiger partial charge is 0.313 e. The van der Waals surface area contributed by atoms with E-state index in [9.17, 15) is 4.79 Å². The Morgan fingerprint density at radius 1 is 1.48 bits per heavy atom. The molecule has 0 aromatic carbocycles. The van der Waals surface area contributed by atoms with Crippen molar-refractivity contribution in [2.75, 3.05) is 5.75 Å². The van der Waals surface area contributed by atoms with Crippen molar-refractivity contribution >= 4 is 28.9 Å². The fraction of sp³-hybridized carbons (Fsp3) is 0.533. The van der Waals surface area contributed by atoms with Crippen LogP contribution in [0.1, 0.15) is 39.7 Å². The summed E-state index contributed by atoms with van der Waals surface area (Å²) in [5.74, 6) is -0.209. The van der Waals surface area contributed by atoms with Gasteiger partial charge in [-0.3, -0.25) is 4.79 Å². The van der Waals surface area contributed by atoms with Crippen LogP contribution in [0.15, 0.2) is 23.5 Å². The van der Waals surface area contributed by atoms with Gasteiger partial charge in [0.05, 0.1) is 5.75 Å². The fourth-order valence-corrected chi connectivity index (χ4v) is 3.21. The van der Waals surface area contributed by atoms with Crippen LogP contribution < -0.4 is 0 Å². The monoisotopic (exact) mass is 307 g/mol. The average Bonchev–Trinajstić information content (AvgIpc) is 2.83. The maximum absolute atomic E-state index is 10.8. The van der Waals surface area contributed by atoms with Crippen LogP contribution in [-0.2, 0) is 4.79 Å². The highest BCUT2D eigenvalue weighted by Crippen LogP contribution is 2.30. The molecule has 1 N–H and O–H groups in total. The molecule has 5 nitrogen and oxygen atoms in total. The molecule has 0 saturated carbocycles. The van der Waals surface area contributed by atoms with Crippen LogP contribution in [0, 0.1) is 5.92 Å². The molecule has 2 aromatic rings. The van der Waals surface area contributed by atoms with Crippen LogP contribution in [0.4, 0.5) is 0 Å². The molecule has 0 saturated heterocycles. The Balaban J connectivity index is 2.37. The summed E-state index contributed by atoms with van der Waals surface area (Å²) in [4.78, 5) is 19.8. The van der Waals surface area contributed by atoms with E-state index >= 15 is 0 Å². The van der Waals surface area contributed by atoms with Gasteiger partial charge in [-0.15, -0.1) is 0 Å². The van der Waals surface area contributed by atoms with Gasteiger partial charge < -0.3 is 9.67 Å². The molecule has 114 valence electrons. The summed E-state index contributed by atoms with van der Waals surface area (Å²) in [6.07, 6.45) is 3.91. The number of aliphatic carboxylic acids is 1. The highest BCUT2D eigenvalue weighted by Gasteiger charge is 2.19.